The van der Waals surface area contributed by atoms with E-state index in [0.29, 0.717) is 5.56 Å². The van der Waals surface area contributed by atoms with Crippen molar-refractivity contribution in [2.75, 3.05) is 6.26 Å². The third-order valence-electron chi connectivity index (χ3n) is 3.49. The molecule has 1 aromatic heterocycles. The second-order valence-electron chi connectivity index (χ2n) is 5.82. The standard InChI is InChI=1S/C17H22N2O3S2/c1-12(10-15-9-8-13(2)23-15)19-17(20)18-11-14-6-4-5-7-16(14)24(3,21)22/h4-9,12H,10-11H2,1-3H3,(H2,18,19,20). The van der Waals surface area contributed by atoms with Crippen LogP contribution in [0.5, 0.6) is 0 Å². The maximum absolute atomic E-state index is 12.0. The smallest absolute Gasteiger partial charge is 0.315 e. The molecule has 0 spiro atoms. The van der Waals surface area contributed by atoms with Gasteiger partial charge < -0.3 is 10.6 Å². The number of rotatable bonds is 6. The number of carbonyl (C=O) groups is 1. The van der Waals surface area contributed by atoms with Crippen LogP contribution in [0.3, 0.4) is 0 Å². The molecule has 0 bridgehead atoms. The minimum atomic E-state index is -3.31. The summed E-state index contributed by atoms with van der Waals surface area (Å²) in [5, 5.41) is 5.60. The first kappa shape index (κ1) is 18.5. The molecule has 0 aliphatic rings. The van der Waals surface area contributed by atoms with Crippen molar-refractivity contribution in [3.63, 3.8) is 0 Å². The van der Waals surface area contributed by atoms with Gasteiger partial charge in [0.25, 0.3) is 0 Å². The molecule has 5 nitrogen and oxygen atoms in total. The molecule has 0 fully saturated rings. The lowest BCUT2D eigenvalue weighted by molar-refractivity contribution is 0.237. The van der Waals surface area contributed by atoms with Gasteiger partial charge in [-0.05, 0) is 37.6 Å². The zero-order valence-corrected chi connectivity index (χ0v) is 15.6. The normalized spacial score (nSPS) is 12.6. The van der Waals surface area contributed by atoms with Crippen molar-refractivity contribution in [1.29, 1.82) is 0 Å². The number of benzene rings is 1. The molecule has 0 aliphatic carbocycles. The first-order valence-corrected chi connectivity index (χ1v) is 10.3. The molecule has 1 aromatic carbocycles. The summed E-state index contributed by atoms with van der Waals surface area (Å²) in [5.41, 5.74) is 0.580. The molecule has 0 radical (unpaired) electrons. The van der Waals surface area contributed by atoms with Gasteiger partial charge in [-0.1, -0.05) is 18.2 Å². The summed E-state index contributed by atoms with van der Waals surface area (Å²) in [6.45, 7) is 4.16. The Morgan fingerprint density at radius 2 is 1.92 bits per heavy atom. The number of urea groups is 1. The number of aryl methyl sites for hydroxylation is 1. The lowest BCUT2D eigenvalue weighted by Gasteiger charge is -2.15. The largest absolute Gasteiger partial charge is 0.335 e. The number of sulfone groups is 1. The molecule has 2 N–H and O–H groups in total. The van der Waals surface area contributed by atoms with E-state index in [-0.39, 0.29) is 23.5 Å². The van der Waals surface area contributed by atoms with E-state index in [2.05, 4.69) is 29.7 Å². The van der Waals surface area contributed by atoms with Crippen molar-refractivity contribution in [3.05, 3.63) is 51.7 Å². The Morgan fingerprint density at radius 1 is 1.21 bits per heavy atom. The summed E-state index contributed by atoms with van der Waals surface area (Å²) in [6.07, 6.45) is 1.93. The first-order valence-electron chi connectivity index (χ1n) is 7.63. The second kappa shape index (κ2) is 7.81. The highest BCUT2D eigenvalue weighted by Crippen LogP contribution is 2.17. The molecular weight excluding hydrogens is 344 g/mol. The summed E-state index contributed by atoms with van der Waals surface area (Å²) >= 11 is 1.72. The molecule has 1 unspecified atom stereocenters. The van der Waals surface area contributed by atoms with Crippen molar-refractivity contribution in [1.82, 2.24) is 10.6 Å². The summed E-state index contributed by atoms with van der Waals surface area (Å²) in [5.74, 6) is 0. The van der Waals surface area contributed by atoms with E-state index in [9.17, 15) is 13.2 Å². The Kier molecular flexibility index (Phi) is 6.01. The van der Waals surface area contributed by atoms with E-state index in [4.69, 9.17) is 0 Å². The predicted octanol–water partition coefficient (Wildman–Crippen LogP) is 2.89. The van der Waals surface area contributed by atoms with E-state index in [1.54, 1.807) is 35.6 Å². The Bertz CT molecular complexity index is 813. The van der Waals surface area contributed by atoms with Crippen LogP contribution < -0.4 is 10.6 Å². The number of nitrogens with one attached hydrogen (secondary N) is 2. The van der Waals surface area contributed by atoms with E-state index < -0.39 is 9.84 Å². The van der Waals surface area contributed by atoms with Crippen molar-refractivity contribution in [2.24, 2.45) is 0 Å². The van der Waals surface area contributed by atoms with Crippen LogP contribution in [0.1, 0.15) is 22.2 Å². The first-order chi connectivity index (χ1) is 11.3. The lowest BCUT2D eigenvalue weighted by Crippen LogP contribution is -2.41. The fourth-order valence-corrected chi connectivity index (χ4v) is 4.37. The minimum absolute atomic E-state index is 0.00629. The minimum Gasteiger partial charge on any atom is -0.335 e. The second-order valence-corrected chi connectivity index (χ2v) is 9.18. The van der Waals surface area contributed by atoms with Gasteiger partial charge in [0.15, 0.2) is 9.84 Å². The van der Waals surface area contributed by atoms with E-state index in [1.165, 1.54) is 9.75 Å². The molecule has 0 saturated heterocycles. The predicted molar refractivity (Wildman–Crippen MR) is 97.1 cm³/mol. The molecule has 1 heterocycles. The molecule has 0 aliphatic heterocycles. The fraction of sp³-hybridized carbons (Fsp3) is 0.353. The topological polar surface area (TPSA) is 75.3 Å². The number of hydrogen-bond acceptors (Lipinski definition) is 4. The van der Waals surface area contributed by atoms with Gasteiger partial charge >= 0.3 is 6.03 Å². The van der Waals surface area contributed by atoms with Gasteiger partial charge in [0.05, 0.1) is 4.90 Å². The highest BCUT2D eigenvalue weighted by Gasteiger charge is 2.14. The number of thiophene rings is 1. The summed E-state index contributed by atoms with van der Waals surface area (Å²) < 4.78 is 23.5. The van der Waals surface area contributed by atoms with Crippen molar-refractivity contribution in [3.8, 4) is 0 Å². The van der Waals surface area contributed by atoms with Crippen LogP contribution in [0.2, 0.25) is 0 Å². The molecular formula is C17H22N2O3S2. The van der Waals surface area contributed by atoms with Gasteiger partial charge in [-0.2, -0.15) is 0 Å². The zero-order chi connectivity index (χ0) is 17.7. The highest BCUT2D eigenvalue weighted by molar-refractivity contribution is 7.90. The average molecular weight is 367 g/mol. The van der Waals surface area contributed by atoms with Gasteiger partial charge in [0, 0.05) is 35.0 Å². The number of hydrogen-bond donors (Lipinski definition) is 2. The Morgan fingerprint density at radius 3 is 2.54 bits per heavy atom. The summed E-state index contributed by atoms with van der Waals surface area (Å²) in [4.78, 5) is 14.7. The van der Waals surface area contributed by atoms with Gasteiger partial charge in [-0.25, -0.2) is 13.2 Å². The van der Waals surface area contributed by atoms with E-state index in [1.807, 2.05) is 6.92 Å². The highest BCUT2D eigenvalue weighted by atomic mass is 32.2. The van der Waals surface area contributed by atoms with Crippen LogP contribution in [-0.2, 0) is 22.8 Å². The van der Waals surface area contributed by atoms with Crippen LogP contribution in [0.15, 0.2) is 41.3 Å². The van der Waals surface area contributed by atoms with Crippen LogP contribution in [0.4, 0.5) is 4.79 Å². The van der Waals surface area contributed by atoms with Crippen molar-refractivity contribution >= 4 is 27.2 Å². The van der Waals surface area contributed by atoms with Crippen LogP contribution in [0, 0.1) is 6.92 Å². The maximum atomic E-state index is 12.0. The van der Waals surface area contributed by atoms with Gasteiger partial charge in [0.2, 0.25) is 0 Å². The van der Waals surface area contributed by atoms with Gasteiger partial charge in [-0.15, -0.1) is 11.3 Å². The summed E-state index contributed by atoms with van der Waals surface area (Å²) in [7, 11) is -3.31. The Balaban J connectivity index is 1.90. The molecule has 130 valence electrons. The third kappa shape index (κ3) is 5.35. The van der Waals surface area contributed by atoms with E-state index in [0.717, 1.165) is 12.7 Å². The summed E-state index contributed by atoms with van der Waals surface area (Å²) in [6, 6.07) is 10.5. The van der Waals surface area contributed by atoms with Crippen molar-refractivity contribution < 1.29 is 13.2 Å². The molecule has 7 heteroatoms. The van der Waals surface area contributed by atoms with Crippen LogP contribution >= 0.6 is 11.3 Å². The lowest BCUT2D eigenvalue weighted by atomic mass is 10.2. The fourth-order valence-electron chi connectivity index (χ4n) is 2.41. The number of carbonyl (C=O) groups excluding carboxylic acids is 1. The van der Waals surface area contributed by atoms with Gasteiger partial charge in [0.1, 0.15) is 0 Å². The molecule has 0 saturated carbocycles. The average Bonchev–Trinajstić information content (AvgIpc) is 2.89. The maximum Gasteiger partial charge on any atom is 0.315 e. The Labute approximate surface area is 147 Å². The third-order valence-corrected chi connectivity index (χ3v) is 5.71. The molecule has 2 amide bonds. The molecule has 1 atom stereocenters. The quantitative estimate of drug-likeness (QED) is 0.825. The molecule has 2 rings (SSSR count). The zero-order valence-electron chi connectivity index (χ0n) is 14.0. The van der Waals surface area contributed by atoms with Crippen molar-refractivity contribution in [2.45, 2.75) is 37.8 Å². The Hall–Kier alpha value is -1.86. The van der Waals surface area contributed by atoms with Crippen LogP contribution in [-0.4, -0.2) is 26.7 Å². The molecule has 24 heavy (non-hydrogen) atoms. The van der Waals surface area contributed by atoms with Crippen LogP contribution in [0.25, 0.3) is 0 Å². The van der Waals surface area contributed by atoms with E-state index >= 15 is 0 Å². The van der Waals surface area contributed by atoms with Gasteiger partial charge in [-0.3, -0.25) is 0 Å². The monoisotopic (exact) mass is 366 g/mol. The number of amides is 2. The SMILES string of the molecule is Cc1ccc(CC(C)NC(=O)NCc2ccccc2S(C)(=O)=O)s1. The molecule has 2 aromatic rings.